The molecule has 0 aromatic heterocycles. The first-order valence-corrected chi connectivity index (χ1v) is 10.3. The largest absolute Gasteiger partial charge is 0.381 e. The van der Waals surface area contributed by atoms with Crippen molar-refractivity contribution in [1.29, 1.82) is 0 Å². The lowest BCUT2D eigenvalue weighted by Crippen LogP contribution is -2.50. The van der Waals surface area contributed by atoms with Gasteiger partial charge in [0.15, 0.2) is 5.96 Å². The van der Waals surface area contributed by atoms with Crippen LogP contribution < -0.4 is 10.6 Å². The van der Waals surface area contributed by atoms with E-state index in [-0.39, 0.29) is 11.0 Å². The van der Waals surface area contributed by atoms with E-state index in [2.05, 4.69) is 22.5 Å². The van der Waals surface area contributed by atoms with Gasteiger partial charge in [0.1, 0.15) is 0 Å². The number of hydrogen-bond donors (Lipinski definition) is 2. The molecule has 2 aliphatic rings. The predicted molar refractivity (Wildman–Crippen MR) is 111 cm³/mol. The molecule has 0 saturated carbocycles. The molecule has 0 aliphatic carbocycles. The summed E-state index contributed by atoms with van der Waals surface area (Å²) in [5.41, 5.74) is 0.893. The summed E-state index contributed by atoms with van der Waals surface area (Å²) in [6.07, 6.45) is 3.99. The van der Waals surface area contributed by atoms with E-state index in [0.29, 0.717) is 10.0 Å². The minimum Gasteiger partial charge on any atom is -0.381 e. The Kier molecular flexibility index (Phi) is 6.90. The van der Waals surface area contributed by atoms with Gasteiger partial charge >= 0.3 is 0 Å². The summed E-state index contributed by atoms with van der Waals surface area (Å²) < 4.78 is 11.5. The van der Waals surface area contributed by atoms with Crippen LogP contribution in [-0.4, -0.2) is 51.5 Å². The quantitative estimate of drug-likeness (QED) is 0.569. The molecule has 2 saturated heterocycles. The standard InChI is InChI=1S/C20H29Cl2N3O2/c1-19(6-3-9-27-19)13-24-18(23-2)25-14-20(7-10-26-11-8-20)16-5-4-15(21)12-17(16)22/h4-5,12H,3,6-11,13-14H2,1-2H3,(H2,23,24,25). The van der Waals surface area contributed by atoms with Crippen LogP contribution in [0.15, 0.2) is 23.2 Å². The molecule has 2 fully saturated rings. The highest BCUT2D eigenvalue weighted by Gasteiger charge is 2.36. The molecule has 0 bridgehead atoms. The molecule has 2 N–H and O–H groups in total. The molecule has 27 heavy (non-hydrogen) atoms. The molecule has 0 radical (unpaired) electrons. The highest BCUT2D eigenvalue weighted by Crippen LogP contribution is 2.39. The van der Waals surface area contributed by atoms with Crippen molar-refractivity contribution in [2.24, 2.45) is 4.99 Å². The first-order chi connectivity index (χ1) is 13.0. The van der Waals surface area contributed by atoms with Crippen LogP contribution in [0.5, 0.6) is 0 Å². The lowest BCUT2D eigenvalue weighted by Gasteiger charge is -2.39. The van der Waals surface area contributed by atoms with Crippen molar-refractivity contribution in [3.05, 3.63) is 33.8 Å². The summed E-state index contributed by atoms with van der Waals surface area (Å²) in [5, 5.41) is 8.27. The van der Waals surface area contributed by atoms with Gasteiger partial charge in [0.05, 0.1) is 5.60 Å². The van der Waals surface area contributed by atoms with Gasteiger partial charge in [-0.25, -0.2) is 0 Å². The lowest BCUT2D eigenvalue weighted by atomic mass is 9.74. The van der Waals surface area contributed by atoms with Gasteiger partial charge < -0.3 is 20.1 Å². The number of halogens is 2. The highest BCUT2D eigenvalue weighted by atomic mass is 35.5. The van der Waals surface area contributed by atoms with E-state index < -0.39 is 0 Å². The molecule has 5 nitrogen and oxygen atoms in total. The Bertz CT molecular complexity index is 669. The molecule has 1 atom stereocenters. The molecule has 0 amide bonds. The molecule has 1 aromatic carbocycles. The maximum absolute atomic E-state index is 6.55. The minimum atomic E-state index is -0.118. The summed E-state index contributed by atoms with van der Waals surface area (Å²) in [6, 6.07) is 5.77. The van der Waals surface area contributed by atoms with E-state index in [1.165, 1.54) is 0 Å². The zero-order valence-corrected chi connectivity index (χ0v) is 17.6. The molecule has 1 unspecified atom stereocenters. The van der Waals surface area contributed by atoms with Gasteiger partial charge in [-0.1, -0.05) is 29.3 Å². The van der Waals surface area contributed by atoms with Crippen molar-refractivity contribution >= 4 is 29.2 Å². The van der Waals surface area contributed by atoms with Gasteiger partial charge in [0.2, 0.25) is 0 Å². The van der Waals surface area contributed by atoms with Crippen molar-refractivity contribution in [2.75, 3.05) is 40.0 Å². The van der Waals surface area contributed by atoms with Crippen LogP contribution in [0, 0.1) is 0 Å². The average Bonchev–Trinajstić information content (AvgIpc) is 3.09. The Labute approximate surface area is 171 Å². The highest BCUT2D eigenvalue weighted by molar-refractivity contribution is 6.35. The molecular formula is C20H29Cl2N3O2. The van der Waals surface area contributed by atoms with Crippen LogP contribution in [0.25, 0.3) is 0 Å². The molecule has 3 rings (SSSR count). The monoisotopic (exact) mass is 413 g/mol. The molecule has 2 aliphatic heterocycles. The van der Waals surface area contributed by atoms with Gasteiger partial charge in [-0.3, -0.25) is 4.99 Å². The summed E-state index contributed by atoms with van der Waals surface area (Å²) in [4.78, 5) is 4.38. The molecule has 0 spiro atoms. The van der Waals surface area contributed by atoms with Crippen molar-refractivity contribution in [1.82, 2.24) is 10.6 Å². The number of nitrogens with zero attached hydrogens (tertiary/aromatic N) is 1. The van der Waals surface area contributed by atoms with E-state index >= 15 is 0 Å². The molecule has 2 heterocycles. The van der Waals surface area contributed by atoms with Crippen LogP contribution in [0.1, 0.15) is 38.2 Å². The lowest BCUT2D eigenvalue weighted by molar-refractivity contribution is 0.0242. The van der Waals surface area contributed by atoms with Crippen molar-refractivity contribution in [2.45, 2.75) is 43.6 Å². The second kappa shape index (κ2) is 8.99. The fourth-order valence-corrected chi connectivity index (χ4v) is 4.55. The number of ether oxygens (including phenoxy) is 2. The number of nitrogens with one attached hydrogen (secondary N) is 2. The van der Waals surface area contributed by atoms with Gasteiger partial charge in [0, 0.05) is 55.4 Å². The number of guanidine groups is 1. The van der Waals surface area contributed by atoms with Gasteiger partial charge in [0.25, 0.3) is 0 Å². The van der Waals surface area contributed by atoms with E-state index in [9.17, 15) is 0 Å². The second-order valence-electron chi connectivity index (χ2n) is 7.70. The third-order valence-corrected chi connectivity index (χ3v) is 6.25. The zero-order chi connectivity index (χ0) is 19.3. The maximum atomic E-state index is 6.55. The molecule has 7 heteroatoms. The van der Waals surface area contributed by atoms with Gasteiger partial charge in [-0.2, -0.15) is 0 Å². The van der Waals surface area contributed by atoms with Crippen LogP contribution >= 0.6 is 23.2 Å². The maximum Gasteiger partial charge on any atom is 0.191 e. The summed E-state index contributed by atoms with van der Waals surface area (Å²) >= 11 is 12.7. The first-order valence-electron chi connectivity index (χ1n) is 9.58. The summed E-state index contributed by atoms with van der Waals surface area (Å²) in [6.45, 7) is 5.90. The first kappa shape index (κ1) is 20.7. The summed E-state index contributed by atoms with van der Waals surface area (Å²) in [5.74, 6) is 0.780. The molecule has 1 aromatic rings. The number of rotatable bonds is 5. The molecule has 150 valence electrons. The third-order valence-electron chi connectivity index (χ3n) is 5.70. The van der Waals surface area contributed by atoms with Gasteiger partial charge in [-0.15, -0.1) is 0 Å². The fraction of sp³-hybridized carbons (Fsp3) is 0.650. The Hall–Kier alpha value is -1.01. The van der Waals surface area contributed by atoms with Crippen LogP contribution in [-0.2, 0) is 14.9 Å². The van der Waals surface area contributed by atoms with E-state index in [1.807, 2.05) is 18.2 Å². The topological polar surface area (TPSA) is 54.9 Å². The van der Waals surface area contributed by atoms with Crippen LogP contribution in [0.3, 0.4) is 0 Å². The predicted octanol–water partition coefficient (Wildman–Crippen LogP) is 3.78. The molecular weight excluding hydrogens is 385 g/mol. The minimum absolute atomic E-state index is 0.106. The van der Waals surface area contributed by atoms with Crippen molar-refractivity contribution in [3.63, 3.8) is 0 Å². The normalized spacial score (nSPS) is 25.4. The number of aliphatic imine (C=N–C) groups is 1. The van der Waals surface area contributed by atoms with Gasteiger partial charge in [-0.05, 0) is 50.3 Å². The Morgan fingerprint density at radius 1 is 1.11 bits per heavy atom. The average molecular weight is 414 g/mol. The summed E-state index contributed by atoms with van der Waals surface area (Å²) in [7, 11) is 1.79. The second-order valence-corrected chi connectivity index (χ2v) is 8.54. The van der Waals surface area contributed by atoms with Crippen molar-refractivity contribution < 1.29 is 9.47 Å². The van der Waals surface area contributed by atoms with Crippen LogP contribution in [0.4, 0.5) is 0 Å². The van der Waals surface area contributed by atoms with E-state index in [1.54, 1.807) is 7.05 Å². The SMILES string of the molecule is CN=C(NCC1(C)CCCO1)NCC1(c2ccc(Cl)cc2Cl)CCOCC1. The van der Waals surface area contributed by atoms with E-state index in [4.69, 9.17) is 32.7 Å². The fourth-order valence-electron chi connectivity index (χ4n) is 3.94. The number of hydrogen-bond acceptors (Lipinski definition) is 3. The van der Waals surface area contributed by atoms with E-state index in [0.717, 1.165) is 70.1 Å². The Morgan fingerprint density at radius 2 is 1.85 bits per heavy atom. The third kappa shape index (κ3) is 5.08. The van der Waals surface area contributed by atoms with Crippen molar-refractivity contribution in [3.8, 4) is 0 Å². The smallest absolute Gasteiger partial charge is 0.191 e. The Morgan fingerprint density at radius 3 is 2.48 bits per heavy atom. The van der Waals surface area contributed by atoms with Crippen LogP contribution in [0.2, 0.25) is 10.0 Å². The Balaban J connectivity index is 1.68. The number of benzene rings is 1. The zero-order valence-electron chi connectivity index (χ0n) is 16.1.